The van der Waals surface area contributed by atoms with Gasteiger partial charge in [-0.2, -0.15) is 10.4 Å². The molecule has 1 aliphatic heterocycles. The molecule has 1 aromatic heterocycles. The molecule has 1 fully saturated rings. The van der Waals surface area contributed by atoms with Crippen LogP contribution in [0.2, 0.25) is 0 Å². The van der Waals surface area contributed by atoms with Gasteiger partial charge in [-0.15, -0.1) is 11.8 Å². The molecule has 0 bridgehead atoms. The van der Waals surface area contributed by atoms with E-state index in [4.69, 9.17) is 19.5 Å². The summed E-state index contributed by atoms with van der Waals surface area (Å²) in [4.78, 5) is 17.7. The zero-order valence-corrected chi connectivity index (χ0v) is 26.5. The summed E-state index contributed by atoms with van der Waals surface area (Å²) < 4.78 is 63.3. The highest BCUT2D eigenvalue weighted by Gasteiger charge is 2.47. The van der Waals surface area contributed by atoms with Crippen molar-refractivity contribution in [1.29, 1.82) is 5.26 Å². The first-order chi connectivity index (χ1) is 23.2. The number of carbonyl (C=O) groups is 1. The highest BCUT2D eigenvalue weighted by molar-refractivity contribution is 8.00. The number of rotatable bonds is 12. The fraction of sp³-hybridized carbons (Fsp3) is 0.257. The third kappa shape index (κ3) is 8.21. The molecule has 0 radical (unpaired) electrons. The maximum Gasteiger partial charge on any atom is 0.339 e. The molecule has 1 aliphatic rings. The maximum atomic E-state index is 15.7. The lowest BCUT2D eigenvalue weighted by Crippen LogP contribution is -2.47. The van der Waals surface area contributed by atoms with Crippen molar-refractivity contribution in [3.8, 4) is 6.07 Å². The van der Waals surface area contributed by atoms with Crippen molar-refractivity contribution in [2.45, 2.75) is 42.5 Å². The van der Waals surface area contributed by atoms with Crippen LogP contribution in [-0.4, -0.2) is 55.8 Å². The maximum absolute atomic E-state index is 15.7. The highest BCUT2D eigenvalue weighted by atomic mass is 32.2. The van der Waals surface area contributed by atoms with E-state index < -0.39 is 47.2 Å². The third-order valence-corrected chi connectivity index (χ3v) is 9.11. The van der Waals surface area contributed by atoms with Crippen molar-refractivity contribution in [2.75, 3.05) is 13.2 Å². The molecule has 13 heteroatoms. The Bertz CT molecular complexity index is 1820. The number of aliphatic hydroxyl groups is 1. The average molecular weight is 677 g/mol. The second-order valence-electron chi connectivity index (χ2n) is 10.8. The van der Waals surface area contributed by atoms with Gasteiger partial charge >= 0.3 is 5.97 Å². The summed E-state index contributed by atoms with van der Waals surface area (Å²) in [6.45, 7) is 1.62. The lowest BCUT2D eigenvalue weighted by molar-refractivity contribution is -0.146. The quantitative estimate of drug-likeness (QED) is 0.144. The molecule has 0 unspecified atom stereocenters. The summed E-state index contributed by atoms with van der Waals surface area (Å²) in [7, 11) is 0. The molecule has 1 saturated heterocycles. The number of allylic oxidation sites excluding steroid dienone is 2. The van der Waals surface area contributed by atoms with Crippen LogP contribution < -0.4 is 0 Å². The minimum absolute atomic E-state index is 0.0711. The molecular weight excluding hydrogens is 645 g/mol. The van der Waals surface area contributed by atoms with Gasteiger partial charge in [0.15, 0.2) is 11.9 Å². The number of aromatic nitrogens is 3. The van der Waals surface area contributed by atoms with E-state index in [-0.39, 0.29) is 41.7 Å². The van der Waals surface area contributed by atoms with Crippen LogP contribution in [0.5, 0.6) is 0 Å². The monoisotopic (exact) mass is 676 g/mol. The van der Waals surface area contributed by atoms with E-state index in [9.17, 15) is 18.7 Å². The zero-order valence-electron chi connectivity index (χ0n) is 25.7. The number of thioether (sulfide) groups is 1. The number of esters is 1. The van der Waals surface area contributed by atoms with Crippen molar-refractivity contribution in [2.24, 2.45) is 0 Å². The minimum atomic E-state index is -1.74. The van der Waals surface area contributed by atoms with E-state index in [0.717, 1.165) is 18.2 Å². The lowest BCUT2D eigenvalue weighted by Gasteiger charge is -2.40. The first-order valence-electron chi connectivity index (χ1n) is 14.9. The van der Waals surface area contributed by atoms with Crippen LogP contribution in [0, 0.1) is 28.8 Å². The van der Waals surface area contributed by atoms with Gasteiger partial charge in [0.05, 0.1) is 48.8 Å². The van der Waals surface area contributed by atoms with Gasteiger partial charge in [-0.1, -0.05) is 42.5 Å². The first-order valence-corrected chi connectivity index (χ1v) is 15.8. The predicted molar refractivity (Wildman–Crippen MR) is 172 cm³/mol. The van der Waals surface area contributed by atoms with Gasteiger partial charge in [-0.05, 0) is 48.9 Å². The van der Waals surface area contributed by atoms with Gasteiger partial charge in [0, 0.05) is 22.4 Å². The molecule has 9 nitrogen and oxygen atoms in total. The Morgan fingerprint density at radius 1 is 1.15 bits per heavy atom. The Morgan fingerprint density at radius 2 is 1.94 bits per heavy atom. The van der Waals surface area contributed by atoms with E-state index in [1.54, 1.807) is 49.4 Å². The number of halogens is 3. The number of aliphatic hydroxyl groups excluding tert-OH is 1. The van der Waals surface area contributed by atoms with Crippen LogP contribution in [-0.2, 0) is 33.0 Å². The van der Waals surface area contributed by atoms with Gasteiger partial charge in [0.2, 0.25) is 0 Å². The van der Waals surface area contributed by atoms with Crippen molar-refractivity contribution < 1.29 is 37.3 Å². The standard InChI is InChI=1S/C35H31F3N4O5S/c1-23(48-28-18-45-33(46-19-28)9-5-3-6-25-11-10-24(16-39)14-31(25)37)35(20-42-22-40-21-41-42,30-13-12-27(36)15-32(30)38)47-34(44)29-8-4-2-7-26(29)17-43/h2-15,21-23,28,33,43H,17-20H2,1H3/b6-3+,9-5+/t23-,28?,33?,35-/m1/s1. The van der Waals surface area contributed by atoms with Gasteiger partial charge in [-0.3, -0.25) is 0 Å². The second-order valence-corrected chi connectivity index (χ2v) is 12.5. The Hall–Kier alpha value is -4.74. The van der Waals surface area contributed by atoms with Crippen LogP contribution in [0.1, 0.15) is 39.5 Å². The number of hydrogen-bond acceptors (Lipinski definition) is 9. The Balaban J connectivity index is 1.35. The molecule has 2 heterocycles. The van der Waals surface area contributed by atoms with E-state index in [2.05, 4.69) is 10.1 Å². The molecule has 2 atom stereocenters. The van der Waals surface area contributed by atoms with Crippen molar-refractivity contribution in [1.82, 2.24) is 14.8 Å². The number of nitrogens with zero attached hydrogens (tertiary/aromatic N) is 4. The Labute approximate surface area is 279 Å². The normalized spacial score (nSPS) is 18.4. The molecule has 0 spiro atoms. The molecule has 0 amide bonds. The van der Waals surface area contributed by atoms with Crippen LogP contribution in [0.4, 0.5) is 13.2 Å². The largest absolute Gasteiger partial charge is 0.447 e. The Kier molecular flexibility index (Phi) is 11.5. The van der Waals surface area contributed by atoms with Crippen LogP contribution in [0.25, 0.3) is 6.08 Å². The summed E-state index contributed by atoms with van der Waals surface area (Å²) >= 11 is 1.34. The molecule has 4 aromatic rings. The van der Waals surface area contributed by atoms with Crippen molar-refractivity contribution >= 4 is 23.8 Å². The topological polar surface area (TPSA) is 119 Å². The smallest absolute Gasteiger partial charge is 0.339 e. The summed E-state index contributed by atoms with van der Waals surface area (Å²) in [5.41, 5.74) is -0.840. The molecule has 248 valence electrons. The predicted octanol–water partition coefficient (Wildman–Crippen LogP) is 5.94. The molecule has 0 aliphatic carbocycles. The number of hydrogen-bond donors (Lipinski definition) is 1. The molecule has 1 N–H and O–H groups in total. The highest BCUT2D eigenvalue weighted by Crippen LogP contribution is 2.42. The van der Waals surface area contributed by atoms with Gasteiger partial charge < -0.3 is 19.3 Å². The second kappa shape index (κ2) is 15.9. The number of nitriles is 1. The zero-order chi connectivity index (χ0) is 34.1. The van der Waals surface area contributed by atoms with Gasteiger partial charge in [-0.25, -0.2) is 27.6 Å². The Morgan fingerprint density at radius 3 is 2.62 bits per heavy atom. The fourth-order valence-electron chi connectivity index (χ4n) is 5.20. The van der Waals surface area contributed by atoms with E-state index >= 15 is 4.39 Å². The van der Waals surface area contributed by atoms with Crippen LogP contribution >= 0.6 is 11.8 Å². The molecule has 0 saturated carbocycles. The first kappa shape index (κ1) is 34.6. The average Bonchev–Trinajstić information content (AvgIpc) is 3.60. The molecule has 3 aromatic carbocycles. The van der Waals surface area contributed by atoms with Crippen molar-refractivity contribution in [3.05, 3.63) is 137 Å². The van der Waals surface area contributed by atoms with E-state index in [1.165, 1.54) is 53.4 Å². The minimum Gasteiger partial charge on any atom is -0.447 e. The lowest BCUT2D eigenvalue weighted by atomic mass is 9.89. The summed E-state index contributed by atoms with van der Waals surface area (Å²) in [5.74, 6) is -3.04. The summed E-state index contributed by atoms with van der Waals surface area (Å²) in [6.07, 6.45) is 8.50. The van der Waals surface area contributed by atoms with Crippen molar-refractivity contribution in [3.63, 3.8) is 0 Å². The summed E-state index contributed by atoms with van der Waals surface area (Å²) in [6, 6.07) is 15.5. The number of ether oxygens (including phenoxy) is 3. The fourth-order valence-corrected chi connectivity index (χ4v) is 6.56. The van der Waals surface area contributed by atoms with Crippen LogP contribution in [0.15, 0.2) is 91.5 Å². The third-order valence-electron chi connectivity index (χ3n) is 7.66. The van der Waals surface area contributed by atoms with Crippen LogP contribution in [0.3, 0.4) is 0 Å². The molecule has 48 heavy (non-hydrogen) atoms. The number of benzene rings is 3. The number of carbonyl (C=O) groups excluding carboxylic acids is 1. The van der Waals surface area contributed by atoms with Gasteiger partial charge in [0.25, 0.3) is 0 Å². The molecule has 5 rings (SSSR count). The molecular formula is C35H31F3N4O5S. The van der Waals surface area contributed by atoms with Gasteiger partial charge in [0.1, 0.15) is 30.1 Å². The van der Waals surface area contributed by atoms with E-state index in [0.29, 0.717) is 11.1 Å². The SMILES string of the molecule is C[C@@H](SC1COC(/C=C/C=C/c2ccc(C#N)cc2F)OC1)[C@@](Cn1cncn1)(OC(=O)c1ccccc1CO)c1ccc(F)cc1F. The summed E-state index contributed by atoms with van der Waals surface area (Å²) in [5, 5.41) is 22.0. The van der Waals surface area contributed by atoms with E-state index in [1.807, 2.05) is 6.07 Å².